The molecule has 7 unspecified atom stereocenters. The molecule has 0 radical (unpaired) electrons. The van der Waals surface area contributed by atoms with Crippen LogP contribution >= 0.6 is 0 Å². The average Bonchev–Trinajstić information content (AvgIpc) is 2.65. The summed E-state index contributed by atoms with van der Waals surface area (Å²) in [5, 5.41) is 0. The first-order chi connectivity index (χ1) is 15.1. The van der Waals surface area contributed by atoms with Crippen molar-refractivity contribution in [2.75, 3.05) is 13.1 Å². The molecule has 6 rings (SSSR count). The highest BCUT2D eigenvalue weighted by Gasteiger charge is 2.65. The van der Waals surface area contributed by atoms with Crippen LogP contribution in [-0.2, 0) is 0 Å². The molecule has 31 heavy (non-hydrogen) atoms. The molecule has 6 aliphatic rings. The predicted molar refractivity (Wildman–Crippen MR) is 125 cm³/mol. The van der Waals surface area contributed by atoms with Crippen molar-refractivity contribution in [3.8, 4) is 0 Å². The van der Waals surface area contributed by atoms with E-state index in [0.29, 0.717) is 0 Å². The highest BCUT2D eigenvalue weighted by Crippen LogP contribution is 2.68. The fraction of sp³-hybridized carbons (Fsp3) is 0.926. The number of aliphatic imine (C=N–C) groups is 4. The van der Waals surface area contributed by atoms with Gasteiger partial charge in [-0.2, -0.15) is 0 Å². The normalized spacial score (nSPS) is 49.9. The maximum atomic E-state index is 4.89. The highest BCUT2D eigenvalue weighted by molar-refractivity contribution is 5.44. The summed E-state index contributed by atoms with van der Waals surface area (Å²) < 4.78 is 0. The first-order valence-electron chi connectivity index (χ1n) is 13.3. The highest BCUT2D eigenvalue weighted by atomic mass is 15.0. The van der Waals surface area contributed by atoms with E-state index < -0.39 is 0 Å². The summed E-state index contributed by atoms with van der Waals surface area (Å²) in [4.78, 5) is 18.6. The fourth-order valence-corrected chi connectivity index (χ4v) is 9.18. The SMILES string of the molecule is CC1CC2CC3CC(N=C=NCCCCCN=C=NC4(C)CC5CC6CC(C4)C65)(C1)C23. The van der Waals surface area contributed by atoms with Crippen molar-refractivity contribution in [1.29, 1.82) is 0 Å². The summed E-state index contributed by atoms with van der Waals surface area (Å²) in [6.07, 6.45) is 14.3. The number of nitrogens with zero attached hydrogens (tertiary/aromatic N) is 4. The second-order valence-electron chi connectivity index (χ2n) is 12.6. The van der Waals surface area contributed by atoms with Crippen LogP contribution in [0.5, 0.6) is 0 Å². The summed E-state index contributed by atoms with van der Waals surface area (Å²) >= 11 is 0. The van der Waals surface area contributed by atoms with Crippen molar-refractivity contribution in [2.24, 2.45) is 67.3 Å². The molecule has 0 aromatic rings. The molecule has 168 valence electrons. The zero-order valence-corrected chi connectivity index (χ0v) is 19.6. The quantitative estimate of drug-likeness (QED) is 0.334. The molecule has 0 aromatic heterocycles. The zero-order valence-electron chi connectivity index (χ0n) is 19.6. The van der Waals surface area contributed by atoms with Gasteiger partial charge in [0, 0.05) is 13.1 Å². The van der Waals surface area contributed by atoms with Crippen LogP contribution < -0.4 is 0 Å². The Kier molecular flexibility index (Phi) is 5.04. The van der Waals surface area contributed by atoms with Gasteiger partial charge >= 0.3 is 0 Å². The predicted octanol–water partition coefficient (Wildman–Crippen LogP) is 6.15. The molecular weight excluding hydrogens is 380 g/mol. The Hall–Kier alpha value is -1.24. The Morgan fingerprint density at radius 2 is 1.39 bits per heavy atom. The van der Waals surface area contributed by atoms with Crippen LogP contribution in [-0.4, -0.2) is 36.2 Å². The van der Waals surface area contributed by atoms with Crippen LogP contribution in [0.2, 0.25) is 0 Å². The average molecular weight is 421 g/mol. The molecule has 0 aliphatic heterocycles. The lowest BCUT2D eigenvalue weighted by atomic mass is 9.39. The van der Waals surface area contributed by atoms with Crippen molar-refractivity contribution >= 4 is 12.0 Å². The maximum Gasteiger partial charge on any atom is 0.0898 e. The van der Waals surface area contributed by atoms with Gasteiger partial charge in [-0.3, -0.25) is 0 Å². The van der Waals surface area contributed by atoms with E-state index in [0.717, 1.165) is 79.7 Å². The van der Waals surface area contributed by atoms with Gasteiger partial charge in [-0.1, -0.05) is 6.92 Å². The van der Waals surface area contributed by atoms with Gasteiger partial charge in [-0.05, 0) is 125 Å². The third kappa shape index (κ3) is 3.50. The van der Waals surface area contributed by atoms with Crippen molar-refractivity contribution in [2.45, 2.75) is 95.6 Å². The van der Waals surface area contributed by atoms with Crippen LogP contribution in [0.25, 0.3) is 0 Å². The standard InChI is InChI=1S/C27H40N4/c1-18-8-20-11-23-15-27(12-18,25(20)23)31-17-29-7-5-3-4-6-28-16-30-26(2)13-21-9-19-10-22(14-26)24(19)21/h18-25H,3-15H2,1-2H3. The molecule has 4 heteroatoms. The monoisotopic (exact) mass is 420 g/mol. The van der Waals surface area contributed by atoms with Crippen LogP contribution in [0.3, 0.4) is 0 Å². The molecular formula is C27H40N4. The zero-order chi connectivity index (χ0) is 21.1. The van der Waals surface area contributed by atoms with E-state index in [-0.39, 0.29) is 11.1 Å². The fourth-order valence-electron chi connectivity index (χ4n) is 9.18. The van der Waals surface area contributed by atoms with E-state index in [9.17, 15) is 0 Å². The van der Waals surface area contributed by atoms with Crippen molar-refractivity contribution in [3.05, 3.63) is 0 Å². The molecule has 0 spiro atoms. The van der Waals surface area contributed by atoms with Gasteiger partial charge in [0.05, 0.1) is 23.1 Å². The first kappa shape index (κ1) is 20.4. The summed E-state index contributed by atoms with van der Waals surface area (Å²) in [6, 6.07) is 6.17. The molecule has 0 N–H and O–H groups in total. The van der Waals surface area contributed by atoms with E-state index in [4.69, 9.17) is 9.98 Å². The molecule has 4 nitrogen and oxygen atoms in total. The van der Waals surface area contributed by atoms with Gasteiger partial charge in [0.2, 0.25) is 0 Å². The molecule has 0 bridgehead atoms. The van der Waals surface area contributed by atoms with Crippen molar-refractivity contribution < 1.29 is 0 Å². The van der Waals surface area contributed by atoms with Gasteiger partial charge in [-0.25, -0.2) is 20.0 Å². The van der Waals surface area contributed by atoms with Crippen molar-refractivity contribution in [1.82, 2.24) is 0 Å². The summed E-state index contributed by atoms with van der Waals surface area (Å²) in [7, 11) is 0. The largest absolute Gasteiger partial charge is 0.226 e. The van der Waals surface area contributed by atoms with Crippen molar-refractivity contribution in [3.63, 3.8) is 0 Å². The van der Waals surface area contributed by atoms with E-state index in [1.165, 1.54) is 51.4 Å². The third-order valence-corrected chi connectivity index (χ3v) is 10.3. The van der Waals surface area contributed by atoms with Gasteiger partial charge in [0.1, 0.15) is 0 Å². The molecule has 0 aromatic carbocycles. The lowest BCUT2D eigenvalue weighted by Crippen LogP contribution is -2.66. The Morgan fingerprint density at radius 1 is 0.710 bits per heavy atom. The lowest BCUT2D eigenvalue weighted by Gasteiger charge is -2.67. The Labute approximate surface area is 188 Å². The number of hydrogen-bond donors (Lipinski definition) is 0. The number of hydrogen-bond acceptors (Lipinski definition) is 4. The molecule has 0 amide bonds. The smallest absolute Gasteiger partial charge is 0.0898 e. The van der Waals surface area contributed by atoms with Gasteiger partial charge in [-0.15, -0.1) is 0 Å². The molecule has 0 heterocycles. The minimum Gasteiger partial charge on any atom is -0.226 e. The topological polar surface area (TPSA) is 49.4 Å². The number of unbranched alkanes of at least 4 members (excludes halogenated alkanes) is 2. The molecule has 6 saturated carbocycles. The minimum atomic E-state index is 0.115. The summed E-state index contributed by atoms with van der Waals surface area (Å²) in [5.41, 5.74) is 0.349. The van der Waals surface area contributed by atoms with Crippen LogP contribution in [0.15, 0.2) is 20.0 Å². The van der Waals surface area contributed by atoms with E-state index in [1.54, 1.807) is 0 Å². The Bertz CT molecular complexity index is 818. The molecule has 0 saturated heterocycles. The Morgan fingerprint density at radius 3 is 2.06 bits per heavy atom. The number of rotatable bonds is 8. The molecule has 6 fully saturated rings. The Balaban J connectivity index is 0.888. The lowest BCUT2D eigenvalue weighted by molar-refractivity contribution is -0.150. The summed E-state index contributed by atoms with van der Waals surface area (Å²) in [6.45, 7) is 6.44. The maximum absolute atomic E-state index is 4.89. The summed E-state index contributed by atoms with van der Waals surface area (Å²) in [5.74, 6) is 7.72. The second kappa shape index (κ2) is 7.67. The first-order valence-corrected chi connectivity index (χ1v) is 13.3. The minimum absolute atomic E-state index is 0.115. The van der Waals surface area contributed by atoms with E-state index in [2.05, 4.69) is 35.8 Å². The van der Waals surface area contributed by atoms with Gasteiger partial charge < -0.3 is 0 Å². The van der Waals surface area contributed by atoms with Gasteiger partial charge in [0.15, 0.2) is 0 Å². The van der Waals surface area contributed by atoms with E-state index in [1.807, 2.05) is 0 Å². The van der Waals surface area contributed by atoms with E-state index >= 15 is 0 Å². The van der Waals surface area contributed by atoms with Gasteiger partial charge in [0.25, 0.3) is 0 Å². The molecule has 6 aliphatic carbocycles. The van der Waals surface area contributed by atoms with Crippen LogP contribution in [0, 0.1) is 47.3 Å². The second-order valence-corrected chi connectivity index (χ2v) is 12.6. The van der Waals surface area contributed by atoms with Crippen LogP contribution in [0.4, 0.5) is 0 Å². The third-order valence-electron chi connectivity index (χ3n) is 10.3. The molecule has 7 atom stereocenters. The van der Waals surface area contributed by atoms with Crippen LogP contribution in [0.1, 0.15) is 84.5 Å².